The third kappa shape index (κ3) is 2.47. The fourth-order valence-electron chi connectivity index (χ4n) is 3.58. The molecule has 5 nitrogen and oxygen atoms in total. The molecule has 0 unspecified atom stereocenters. The fraction of sp³-hybridized carbons (Fsp3) is 0.933. The molecule has 1 amide bonds. The predicted molar refractivity (Wildman–Crippen MR) is 73.1 cm³/mol. The van der Waals surface area contributed by atoms with Crippen LogP contribution in [0.25, 0.3) is 0 Å². The van der Waals surface area contributed by atoms with Gasteiger partial charge in [0.25, 0.3) is 0 Å². The lowest BCUT2D eigenvalue weighted by atomic mass is 9.83. The maximum atomic E-state index is 12.3. The van der Waals surface area contributed by atoms with Gasteiger partial charge in [-0.1, -0.05) is 0 Å². The summed E-state index contributed by atoms with van der Waals surface area (Å²) in [6.45, 7) is 11.2. The third-order valence-electron chi connectivity index (χ3n) is 4.24. The lowest BCUT2D eigenvalue weighted by Crippen LogP contribution is -2.62. The molecule has 3 fully saturated rings. The Labute approximate surface area is 120 Å². The maximum absolute atomic E-state index is 12.3. The Hall–Kier alpha value is -0.650. The van der Waals surface area contributed by atoms with Crippen LogP contribution in [0.5, 0.6) is 0 Å². The molecule has 0 radical (unpaired) electrons. The van der Waals surface area contributed by atoms with Gasteiger partial charge in [-0.3, -0.25) is 4.79 Å². The molecule has 3 heterocycles. The third-order valence-corrected chi connectivity index (χ3v) is 4.24. The molecular formula is C15H25NO4. The zero-order valence-electron chi connectivity index (χ0n) is 13.0. The van der Waals surface area contributed by atoms with Gasteiger partial charge in [0.05, 0.1) is 30.3 Å². The van der Waals surface area contributed by atoms with Crippen molar-refractivity contribution >= 4 is 5.91 Å². The van der Waals surface area contributed by atoms with Gasteiger partial charge in [0.1, 0.15) is 0 Å². The van der Waals surface area contributed by atoms with Crippen molar-refractivity contribution in [3.63, 3.8) is 0 Å². The van der Waals surface area contributed by atoms with Gasteiger partial charge in [-0.15, -0.1) is 0 Å². The quantitative estimate of drug-likeness (QED) is 0.722. The van der Waals surface area contributed by atoms with Crippen LogP contribution in [-0.2, 0) is 19.0 Å². The molecule has 0 aromatic rings. The van der Waals surface area contributed by atoms with Crippen LogP contribution < -0.4 is 0 Å². The van der Waals surface area contributed by atoms with Crippen molar-refractivity contribution in [2.24, 2.45) is 5.92 Å². The molecular weight excluding hydrogens is 258 g/mol. The molecule has 0 aromatic heterocycles. The SMILES string of the molecule is CC(C)(C)O[C@H]1C[C@@H]2[C@H]([C@H]3COC(C)(C)O3)C(=O)N2C1. The van der Waals surface area contributed by atoms with Gasteiger partial charge in [-0.05, 0) is 41.0 Å². The molecule has 4 atom stereocenters. The van der Waals surface area contributed by atoms with Gasteiger partial charge in [0.15, 0.2) is 5.79 Å². The second-order valence-electron chi connectivity index (χ2n) is 7.54. The van der Waals surface area contributed by atoms with Gasteiger partial charge in [-0.2, -0.15) is 0 Å². The van der Waals surface area contributed by atoms with E-state index in [2.05, 4.69) is 20.8 Å². The molecule has 3 rings (SSSR count). The summed E-state index contributed by atoms with van der Waals surface area (Å²) in [6.07, 6.45) is 0.949. The van der Waals surface area contributed by atoms with Crippen molar-refractivity contribution in [3.05, 3.63) is 0 Å². The van der Waals surface area contributed by atoms with Gasteiger partial charge >= 0.3 is 0 Å². The van der Waals surface area contributed by atoms with Crippen molar-refractivity contribution in [1.29, 1.82) is 0 Å². The summed E-state index contributed by atoms with van der Waals surface area (Å²) >= 11 is 0. The molecule has 0 aromatic carbocycles. The van der Waals surface area contributed by atoms with Crippen molar-refractivity contribution in [3.8, 4) is 0 Å². The van der Waals surface area contributed by atoms with E-state index in [9.17, 15) is 4.79 Å². The topological polar surface area (TPSA) is 48.0 Å². The van der Waals surface area contributed by atoms with Crippen molar-refractivity contribution in [1.82, 2.24) is 4.90 Å². The van der Waals surface area contributed by atoms with E-state index in [-0.39, 0.29) is 35.7 Å². The molecule has 0 N–H and O–H groups in total. The number of carbonyl (C=O) groups is 1. The summed E-state index contributed by atoms with van der Waals surface area (Å²) in [7, 11) is 0. The summed E-state index contributed by atoms with van der Waals surface area (Å²) in [5.41, 5.74) is -0.164. The van der Waals surface area contributed by atoms with Gasteiger partial charge in [0, 0.05) is 12.6 Å². The molecule has 0 saturated carbocycles. The Morgan fingerprint density at radius 3 is 2.60 bits per heavy atom. The summed E-state index contributed by atoms with van der Waals surface area (Å²) in [4.78, 5) is 14.2. The minimum atomic E-state index is -0.564. The maximum Gasteiger partial charge on any atom is 0.230 e. The van der Waals surface area contributed by atoms with E-state index >= 15 is 0 Å². The van der Waals surface area contributed by atoms with Crippen LogP contribution in [0.3, 0.4) is 0 Å². The van der Waals surface area contributed by atoms with Crippen molar-refractivity contribution in [2.75, 3.05) is 13.2 Å². The Balaban J connectivity index is 1.63. The normalized spacial score (nSPS) is 39.9. The molecule has 3 aliphatic heterocycles. The summed E-state index contributed by atoms with van der Waals surface area (Å²) in [6, 6.07) is 0.261. The number of β-lactam (4-membered cyclic amide) rings is 1. The second-order valence-corrected chi connectivity index (χ2v) is 7.54. The summed E-state index contributed by atoms with van der Waals surface area (Å²) < 4.78 is 17.5. The van der Waals surface area contributed by atoms with Crippen molar-refractivity contribution < 1.29 is 19.0 Å². The highest BCUT2D eigenvalue weighted by Crippen LogP contribution is 2.43. The molecule has 114 valence electrons. The first-order valence-electron chi connectivity index (χ1n) is 7.46. The number of carbonyl (C=O) groups excluding carboxylic acids is 1. The lowest BCUT2D eigenvalue weighted by molar-refractivity contribution is -0.174. The zero-order valence-corrected chi connectivity index (χ0v) is 13.0. The van der Waals surface area contributed by atoms with E-state index in [0.717, 1.165) is 6.42 Å². The van der Waals surface area contributed by atoms with Gasteiger partial charge < -0.3 is 19.1 Å². The highest BCUT2D eigenvalue weighted by atomic mass is 16.7. The first-order chi connectivity index (χ1) is 9.16. The lowest BCUT2D eigenvalue weighted by Gasteiger charge is -2.44. The molecule has 0 bridgehead atoms. The largest absolute Gasteiger partial charge is 0.371 e. The molecule has 3 aliphatic rings. The van der Waals surface area contributed by atoms with Crippen LogP contribution in [0.1, 0.15) is 41.0 Å². The molecule has 3 saturated heterocycles. The molecule has 20 heavy (non-hydrogen) atoms. The van der Waals surface area contributed by atoms with Crippen LogP contribution in [0.15, 0.2) is 0 Å². The first kappa shape index (κ1) is 14.3. The zero-order chi connectivity index (χ0) is 14.7. The monoisotopic (exact) mass is 283 g/mol. The Bertz CT molecular complexity index is 415. The number of amides is 1. The number of fused-ring (bicyclic) bond motifs is 1. The number of hydrogen-bond donors (Lipinski definition) is 0. The van der Waals surface area contributed by atoms with Crippen molar-refractivity contribution in [2.45, 2.75) is 70.7 Å². The van der Waals surface area contributed by atoms with Crippen LogP contribution in [0.2, 0.25) is 0 Å². The number of ether oxygens (including phenoxy) is 3. The fourth-order valence-corrected chi connectivity index (χ4v) is 3.58. The summed E-state index contributed by atoms with van der Waals surface area (Å²) in [5.74, 6) is -0.419. The van der Waals surface area contributed by atoms with E-state index in [4.69, 9.17) is 14.2 Å². The van der Waals surface area contributed by atoms with E-state index in [0.29, 0.717) is 13.2 Å². The average Bonchev–Trinajstić information content (AvgIpc) is 2.79. The highest BCUT2D eigenvalue weighted by Gasteiger charge is 2.58. The van der Waals surface area contributed by atoms with Crippen LogP contribution >= 0.6 is 0 Å². The van der Waals surface area contributed by atoms with Gasteiger partial charge in [0.2, 0.25) is 5.91 Å². The Morgan fingerprint density at radius 1 is 1.35 bits per heavy atom. The molecule has 5 heteroatoms. The first-order valence-corrected chi connectivity index (χ1v) is 7.46. The highest BCUT2D eigenvalue weighted by molar-refractivity contribution is 5.87. The number of hydrogen-bond acceptors (Lipinski definition) is 4. The minimum Gasteiger partial charge on any atom is -0.371 e. The van der Waals surface area contributed by atoms with Crippen LogP contribution in [0, 0.1) is 5.92 Å². The predicted octanol–water partition coefficient (Wildman–Crippen LogP) is 1.55. The average molecular weight is 283 g/mol. The van der Waals surface area contributed by atoms with E-state index in [1.54, 1.807) is 0 Å². The standard InChI is InChI=1S/C15H25NO4/c1-14(2,3)19-9-6-10-12(13(17)16(10)7-9)11-8-18-15(4,5)20-11/h9-12H,6-8H2,1-5H3/t9-,10+,11+,12+/m0/s1. The van der Waals surface area contributed by atoms with E-state index < -0.39 is 5.79 Å². The van der Waals surface area contributed by atoms with Crippen LogP contribution in [0.4, 0.5) is 0 Å². The second kappa shape index (κ2) is 4.42. The Kier molecular flexibility index (Phi) is 3.16. The Morgan fingerprint density at radius 2 is 2.05 bits per heavy atom. The smallest absolute Gasteiger partial charge is 0.230 e. The number of nitrogens with zero attached hydrogens (tertiary/aromatic N) is 1. The molecule has 0 aliphatic carbocycles. The summed E-state index contributed by atoms with van der Waals surface area (Å²) in [5, 5.41) is 0. The van der Waals surface area contributed by atoms with E-state index in [1.165, 1.54) is 0 Å². The minimum absolute atomic E-state index is 0.0506. The van der Waals surface area contributed by atoms with Gasteiger partial charge in [-0.25, -0.2) is 0 Å². The number of rotatable bonds is 2. The van der Waals surface area contributed by atoms with E-state index in [1.807, 2.05) is 18.7 Å². The van der Waals surface area contributed by atoms with Crippen LogP contribution in [-0.4, -0.2) is 53.6 Å². The molecule has 0 spiro atoms.